The van der Waals surface area contributed by atoms with Crippen LogP contribution in [0.5, 0.6) is 0 Å². The normalized spacial score (nSPS) is 24.2. The minimum atomic E-state index is -0.928. The molecule has 110 valence electrons. The third-order valence-electron chi connectivity index (χ3n) is 3.67. The molecule has 0 aromatic carbocycles. The summed E-state index contributed by atoms with van der Waals surface area (Å²) in [6, 6.07) is 0. The van der Waals surface area contributed by atoms with Gasteiger partial charge in [-0.15, -0.1) is 10.2 Å². The Morgan fingerprint density at radius 1 is 1.25 bits per heavy atom. The zero-order chi connectivity index (χ0) is 15.3. The molecule has 7 heteroatoms. The smallest absolute Gasteiger partial charge is 0.307 e. The van der Waals surface area contributed by atoms with Gasteiger partial charge in [0.15, 0.2) is 0 Å². The molecule has 0 radical (unpaired) electrons. The van der Waals surface area contributed by atoms with E-state index >= 15 is 0 Å². The van der Waals surface area contributed by atoms with E-state index in [4.69, 9.17) is 5.11 Å². The van der Waals surface area contributed by atoms with E-state index < -0.39 is 23.2 Å². The summed E-state index contributed by atoms with van der Waals surface area (Å²) in [4.78, 5) is 23.2. The molecule has 1 aromatic heterocycles. The van der Waals surface area contributed by atoms with E-state index in [0.29, 0.717) is 5.13 Å². The van der Waals surface area contributed by atoms with Crippen molar-refractivity contribution in [3.8, 4) is 0 Å². The predicted molar refractivity (Wildman–Crippen MR) is 75.6 cm³/mol. The van der Waals surface area contributed by atoms with E-state index in [-0.39, 0.29) is 11.3 Å². The van der Waals surface area contributed by atoms with Gasteiger partial charge in [-0.2, -0.15) is 0 Å². The molecule has 1 saturated carbocycles. The minimum Gasteiger partial charge on any atom is -0.481 e. The largest absolute Gasteiger partial charge is 0.481 e. The van der Waals surface area contributed by atoms with Crippen molar-refractivity contribution in [3.63, 3.8) is 0 Å². The Bertz CT molecular complexity index is 559. The number of aromatic nitrogens is 2. The number of aliphatic carboxylic acids is 1. The lowest BCUT2D eigenvalue weighted by atomic mass is 9.98. The molecular formula is C13H19N3O3S. The van der Waals surface area contributed by atoms with Crippen molar-refractivity contribution in [3.05, 3.63) is 5.01 Å². The number of carbonyl (C=O) groups excluding carboxylic acids is 1. The third kappa shape index (κ3) is 2.54. The molecule has 1 aromatic rings. The van der Waals surface area contributed by atoms with E-state index in [1.807, 2.05) is 20.8 Å². The second-order valence-electron chi connectivity index (χ2n) is 6.77. The monoisotopic (exact) mass is 297 g/mol. The molecule has 1 fully saturated rings. The first-order chi connectivity index (χ1) is 9.05. The summed E-state index contributed by atoms with van der Waals surface area (Å²) in [6.07, 6.45) is 0. The van der Waals surface area contributed by atoms with Gasteiger partial charge >= 0.3 is 5.97 Å². The van der Waals surface area contributed by atoms with Crippen molar-refractivity contribution in [2.75, 3.05) is 5.32 Å². The van der Waals surface area contributed by atoms with Crippen LogP contribution in [-0.2, 0) is 15.0 Å². The van der Waals surface area contributed by atoms with E-state index in [1.54, 1.807) is 13.8 Å². The van der Waals surface area contributed by atoms with Crippen molar-refractivity contribution in [2.45, 2.75) is 40.0 Å². The Labute approximate surface area is 121 Å². The number of amides is 1. The Morgan fingerprint density at radius 3 is 2.25 bits per heavy atom. The van der Waals surface area contributed by atoms with Gasteiger partial charge in [-0.1, -0.05) is 46.0 Å². The van der Waals surface area contributed by atoms with Gasteiger partial charge in [-0.05, 0) is 5.41 Å². The third-order valence-corrected chi connectivity index (χ3v) is 4.94. The van der Waals surface area contributed by atoms with Crippen LogP contribution in [0.25, 0.3) is 0 Å². The summed E-state index contributed by atoms with van der Waals surface area (Å²) in [5, 5.41) is 21.0. The van der Waals surface area contributed by atoms with Crippen molar-refractivity contribution < 1.29 is 14.7 Å². The lowest BCUT2D eigenvalue weighted by Crippen LogP contribution is -2.17. The topological polar surface area (TPSA) is 92.2 Å². The fraction of sp³-hybridized carbons (Fsp3) is 0.692. The number of hydrogen-bond acceptors (Lipinski definition) is 5. The Morgan fingerprint density at radius 2 is 1.85 bits per heavy atom. The lowest BCUT2D eigenvalue weighted by Gasteiger charge is -2.12. The van der Waals surface area contributed by atoms with Crippen LogP contribution in [-0.4, -0.2) is 27.2 Å². The maximum absolute atomic E-state index is 12.1. The van der Waals surface area contributed by atoms with E-state index in [2.05, 4.69) is 15.5 Å². The molecule has 1 aliphatic rings. The molecule has 0 unspecified atom stereocenters. The molecule has 0 bridgehead atoms. The van der Waals surface area contributed by atoms with Gasteiger partial charge in [0.1, 0.15) is 5.01 Å². The van der Waals surface area contributed by atoms with Crippen molar-refractivity contribution in [2.24, 2.45) is 17.3 Å². The number of carbonyl (C=O) groups is 2. The van der Waals surface area contributed by atoms with Gasteiger partial charge in [0.25, 0.3) is 0 Å². The first-order valence-electron chi connectivity index (χ1n) is 6.43. The van der Waals surface area contributed by atoms with Gasteiger partial charge < -0.3 is 10.4 Å². The molecule has 0 aliphatic heterocycles. The molecule has 1 aliphatic carbocycles. The standard InChI is InChI=1S/C13H19N3O3S/c1-12(2,3)10-15-16-11(20-10)14-8(17)6-7(9(18)19)13(6,4)5/h6-7H,1-5H3,(H,18,19)(H,14,16,17)/t6-,7+/m0/s1. The number of carboxylic acid groups (broad SMARTS) is 1. The number of hydrogen-bond donors (Lipinski definition) is 2. The molecular weight excluding hydrogens is 278 g/mol. The Hall–Kier alpha value is -1.50. The summed E-state index contributed by atoms with van der Waals surface area (Å²) in [5.74, 6) is -2.36. The highest BCUT2D eigenvalue weighted by Gasteiger charge is 2.66. The average molecular weight is 297 g/mol. The molecule has 2 N–H and O–H groups in total. The molecule has 6 nitrogen and oxygen atoms in total. The number of rotatable bonds is 3. The average Bonchev–Trinajstić information content (AvgIpc) is 2.67. The fourth-order valence-electron chi connectivity index (χ4n) is 2.35. The highest BCUT2D eigenvalue weighted by molar-refractivity contribution is 7.15. The summed E-state index contributed by atoms with van der Waals surface area (Å²) in [7, 11) is 0. The van der Waals surface area contributed by atoms with E-state index in [0.717, 1.165) is 5.01 Å². The van der Waals surface area contributed by atoms with Crippen LogP contribution in [0.15, 0.2) is 0 Å². The van der Waals surface area contributed by atoms with Crippen LogP contribution < -0.4 is 5.32 Å². The van der Waals surface area contributed by atoms with Gasteiger partial charge in [-0.25, -0.2) is 0 Å². The molecule has 1 amide bonds. The van der Waals surface area contributed by atoms with Gasteiger partial charge in [0.2, 0.25) is 11.0 Å². The number of nitrogens with one attached hydrogen (secondary N) is 1. The van der Waals surface area contributed by atoms with Gasteiger partial charge in [-0.3, -0.25) is 9.59 Å². The van der Waals surface area contributed by atoms with Gasteiger partial charge in [0, 0.05) is 5.41 Å². The first-order valence-corrected chi connectivity index (χ1v) is 7.24. The maximum Gasteiger partial charge on any atom is 0.307 e. The first kappa shape index (κ1) is 14.9. The predicted octanol–water partition coefficient (Wildman–Crippen LogP) is 2.13. The van der Waals surface area contributed by atoms with Crippen molar-refractivity contribution >= 4 is 28.3 Å². The summed E-state index contributed by atoms with van der Waals surface area (Å²) < 4.78 is 0. The quantitative estimate of drug-likeness (QED) is 0.891. The minimum absolute atomic E-state index is 0.122. The maximum atomic E-state index is 12.1. The van der Waals surface area contributed by atoms with Crippen LogP contribution in [0.3, 0.4) is 0 Å². The van der Waals surface area contributed by atoms with Crippen LogP contribution in [0.1, 0.15) is 39.6 Å². The zero-order valence-corrected chi connectivity index (χ0v) is 13.0. The fourth-order valence-corrected chi connectivity index (χ4v) is 3.15. The van der Waals surface area contributed by atoms with E-state index in [9.17, 15) is 9.59 Å². The van der Waals surface area contributed by atoms with Crippen LogP contribution in [0, 0.1) is 17.3 Å². The molecule has 0 spiro atoms. The van der Waals surface area contributed by atoms with Crippen molar-refractivity contribution in [1.29, 1.82) is 0 Å². The summed E-state index contributed by atoms with van der Waals surface area (Å²) in [5.41, 5.74) is -0.628. The SMILES string of the molecule is CC(C)(C)c1nnc(NC(=O)[C@@H]2[C@H](C(=O)O)C2(C)C)s1. The zero-order valence-electron chi connectivity index (χ0n) is 12.2. The lowest BCUT2D eigenvalue weighted by molar-refractivity contribution is -0.140. The molecule has 0 saturated heterocycles. The highest BCUT2D eigenvalue weighted by Crippen LogP contribution is 2.58. The molecule has 2 atom stereocenters. The summed E-state index contributed by atoms with van der Waals surface area (Å²) in [6.45, 7) is 9.63. The van der Waals surface area contributed by atoms with Crippen LogP contribution in [0.2, 0.25) is 0 Å². The number of anilines is 1. The second-order valence-corrected chi connectivity index (χ2v) is 7.74. The summed E-state index contributed by atoms with van der Waals surface area (Å²) >= 11 is 1.32. The highest BCUT2D eigenvalue weighted by atomic mass is 32.1. The molecule has 1 heterocycles. The Balaban J connectivity index is 2.07. The Kier molecular flexibility index (Phi) is 3.36. The van der Waals surface area contributed by atoms with Crippen LogP contribution >= 0.6 is 11.3 Å². The van der Waals surface area contributed by atoms with Crippen LogP contribution in [0.4, 0.5) is 5.13 Å². The number of nitrogens with zero attached hydrogens (tertiary/aromatic N) is 2. The number of carboxylic acids is 1. The van der Waals surface area contributed by atoms with Crippen molar-refractivity contribution in [1.82, 2.24) is 10.2 Å². The second kappa shape index (κ2) is 4.51. The molecule has 2 rings (SSSR count). The van der Waals surface area contributed by atoms with E-state index in [1.165, 1.54) is 11.3 Å². The molecule has 20 heavy (non-hydrogen) atoms. The van der Waals surface area contributed by atoms with Gasteiger partial charge in [0.05, 0.1) is 11.8 Å².